The van der Waals surface area contributed by atoms with Crippen LogP contribution in [0, 0.1) is 17.3 Å². The predicted octanol–water partition coefficient (Wildman–Crippen LogP) is 3.22. The number of unbranched alkanes of at least 4 members (excludes halogenated alkanes) is 1. The molecule has 0 aliphatic heterocycles. The Morgan fingerprint density at radius 3 is 2.76 bits per heavy atom. The summed E-state index contributed by atoms with van der Waals surface area (Å²) in [6.45, 7) is 5.55. The van der Waals surface area contributed by atoms with Gasteiger partial charge in [-0.05, 0) is 55.9 Å². The summed E-state index contributed by atoms with van der Waals surface area (Å²) < 4.78 is 5.17. The van der Waals surface area contributed by atoms with Gasteiger partial charge in [-0.15, -0.1) is 0 Å². The van der Waals surface area contributed by atoms with Gasteiger partial charge in [0.2, 0.25) is 0 Å². The van der Waals surface area contributed by atoms with Crippen molar-refractivity contribution in [3.63, 3.8) is 0 Å². The minimum Gasteiger partial charge on any atom is -0.385 e. The monoisotopic (exact) mass is 239 g/mol. The molecule has 0 heterocycles. The summed E-state index contributed by atoms with van der Waals surface area (Å²) in [5.41, 5.74) is 0.646. The molecule has 2 aliphatic rings. The first kappa shape index (κ1) is 13.4. The normalized spacial score (nSPS) is 35.6. The highest BCUT2D eigenvalue weighted by Gasteiger charge is 2.49. The maximum atomic E-state index is 5.17. The van der Waals surface area contributed by atoms with Gasteiger partial charge in [0.05, 0.1) is 0 Å². The zero-order valence-electron chi connectivity index (χ0n) is 11.6. The van der Waals surface area contributed by atoms with Gasteiger partial charge in [-0.1, -0.05) is 19.8 Å². The second-order valence-corrected chi connectivity index (χ2v) is 6.17. The molecule has 2 saturated carbocycles. The Morgan fingerprint density at radius 1 is 1.29 bits per heavy atom. The molecule has 0 spiro atoms. The standard InChI is InChI=1S/C15H29NO/c1-3-16-12-15(8-4-5-9-17-2)11-13-6-7-14(15)10-13/h13-14,16H,3-12H2,1-2H3. The Morgan fingerprint density at radius 2 is 2.18 bits per heavy atom. The number of nitrogens with one attached hydrogen (secondary N) is 1. The lowest BCUT2D eigenvalue weighted by molar-refractivity contribution is 0.129. The van der Waals surface area contributed by atoms with Gasteiger partial charge in [0.1, 0.15) is 0 Å². The molecule has 0 aromatic carbocycles. The zero-order chi connectivity index (χ0) is 12.1. The van der Waals surface area contributed by atoms with Gasteiger partial charge < -0.3 is 10.1 Å². The molecule has 2 nitrogen and oxygen atoms in total. The molecular weight excluding hydrogens is 210 g/mol. The molecule has 17 heavy (non-hydrogen) atoms. The van der Waals surface area contributed by atoms with E-state index in [0.29, 0.717) is 5.41 Å². The van der Waals surface area contributed by atoms with Crippen LogP contribution in [0.4, 0.5) is 0 Å². The third-order valence-electron chi connectivity index (χ3n) is 5.10. The van der Waals surface area contributed by atoms with E-state index < -0.39 is 0 Å². The molecule has 3 unspecified atom stereocenters. The van der Waals surface area contributed by atoms with E-state index in [4.69, 9.17) is 4.74 Å². The molecule has 100 valence electrons. The van der Waals surface area contributed by atoms with Crippen molar-refractivity contribution >= 4 is 0 Å². The third kappa shape index (κ3) is 3.03. The number of methoxy groups -OCH3 is 1. The minimum absolute atomic E-state index is 0.646. The van der Waals surface area contributed by atoms with Crippen LogP contribution in [0.15, 0.2) is 0 Å². The molecule has 0 aromatic heterocycles. The summed E-state index contributed by atoms with van der Waals surface area (Å²) in [4.78, 5) is 0. The average molecular weight is 239 g/mol. The van der Waals surface area contributed by atoms with Crippen molar-refractivity contribution < 1.29 is 4.74 Å². The van der Waals surface area contributed by atoms with E-state index in [1.54, 1.807) is 0 Å². The highest BCUT2D eigenvalue weighted by Crippen LogP contribution is 2.57. The number of ether oxygens (including phenoxy) is 1. The maximum absolute atomic E-state index is 5.17. The van der Waals surface area contributed by atoms with Crippen molar-refractivity contribution in [2.75, 3.05) is 26.8 Å². The van der Waals surface area contributed by atoms with Gasteiger partial charge in [-0.25, -0.2) is 0 Å². The number of hydrogen-bond acceptors (Lipinski definition) is 2. The fraction of sp³-hybridized carbons (Fsp3) is 1.00. The summed E-state index contributed by atoms with van der Waals surface area (Å²) in [6, 6.07) is 0. The van der Waals surface area contributed by atoms with Crippen molar-refractivity contribution in [2.45, 2.75) is 51.9 Å². The fourth-order valence-electron chi connectivity index (χ4n) is 4.27. The topological polar surface area (TPSA) is 21.3 Å². The third-order valence-corrected chi connectivity index (χ3v) is 5.10. The number of rotatable bonds is 8. The van der Waals surface area contributed by atoms with Gasteiger partial charge >= 0.3 is 0 Å². The van der Waals surface area contributed by atoms with E-state index >= 15 is 0 Å². The predicted molar refractivity (Wildman–Crippen MR) is 72.2 cm³/mol. The quantitative estimate of drug-likeness (QED) is 0.657. The van der Waals surface area contributed by atoms with Gasteiger partial charge in [-0.3, -0.25) is 0 Å². The van der Waals surface area contributed by atoms with Crippen LogP contribution in [0.1, 0.15) is 51.9 Å². The van der Waals surface area contributed by atoms with Crippen molar-refractivity contribution in [2.24, 2.45) is 17.3 Å². The van der Waals surface area contributed by atoms with Gasteiger partial charge in [0, 0.05) is 20.3 Å². The highest BCUT2D eigenvalue weighted by atomic mass is 16.5. The van der Waals surface area contributed by atoms with Crippen LogP contribution < -0.4 is 5.32 Å². The highest BCUT2D eigenvalue weighted by molar-refractivity contribution is 5.01. The van der Waals surface area contributed by atoms with Crippen LogP contribution in [0.3, 0.4) is 0 Å². The van der Waals surface area contributed by atoms with E-state index in [2.05, 4.69) is 12.2 Å². The lowest BCUT2D eigenvalue weighted by atomic mass is 9.70. The van der Waals surface area contributed by atoms with Crippen LogP contribution in [-0.2, 0) is 4.74 Å². The van der Waals surface area contributed by atoms with E-state index in [9.17, 15) is 0 Å². The second-order valence-electron chi connectivity index (χ2n) is 6.17. The first-order chi connectivity index (χ1) is 8.30. The Kier molecular flexibility index (Phi) is 4.87. The summed E-state index contributed by atoms with van der Waals surface area (Å²) in [7, 11) is 1.81. The largest absolute Gasteiger partial charge is 0.385 e. The van der Waals surface area contributed by atoms with E-state index in [-0.39, 0.29) is 0 Å². The van der Waals surface area contributed by atoms with Crippen molar-refractivity contribution in [3.05, 3.63) is 0 Å². The van der Waals surface area contributed by atoms with Crippen molar-refractivity contribution in [1.82, 2.24) is 5.32 Å². The van der Waals surface area contributed by atoms with Gasteiger partial charge in [0.15, 0.2) is 0 Å². The van der Waals surface area contributed by atoms with Gasteiger partial charge in [-0.2, -0.15) is 0 Å². The SMILES string of the molecule is CCNCC1(CCCCOC)CC2CCC1C2. The molecule has 2 fully saturated rings. The van der Waals surface area contributed by atoms with Crippen molar-refractivity contribution in [3.8, 4) is 0 Å². The molecule has 0 aromatic rings. The van der Waals surface area contributed by atoms with E-state index in [1.807, 2.05) is 7.11 Å². The molecule has 2 bridgehead atoms. The Hall–Kier alpha value is -0.0800. The summed E-state index contributed by atoms with van der Waals surface area (Å²) in [6.07, 6.45) is 10.0. The van der Waals surface area contributed by atoms with Crippen LogP contribution in [-0.4, -0.2) is 26.8 Å². The molecular formula is C15H29NO. The molecule has 1 N–H and O–H groups in total. The lowest BCUT2D eigenvalue weighted by Gasteiger charge is -2.38. The molecule has 3 atom stereocenters. The number of hydrogen-bond donors (Lipinski definition) is 1. The van der Waals surface area contributed by atoms with Crippen LogP contribution in [0.5, 0.6) is 0 Å². The average Bonchev–Trinajstić information content (AvgIpc) is 2.93. The van der Waals surface area contributed by atoms with Crippen LogP contribution >= 0.6 is 0 Å². The summed E-state index contributed by atoms with van der Waals surface area (Å²) >= 11 is 0. The maximum Gasteiger partial charge on any atom is 0.0462 e. The summed E-state index contributed by atoms with van der Waals surface area (Å²) in [5.74, 6) is 2.08. The Bertz CT molecular complexity index is 231. The molecule has 0 amide bonds. The zero-order valence-corrected chi connectivity index (χ0v) is 11.6. The minimum atomic E-state index is 0.646. The summed E-state index contributed by atoms with van der Waals surface area (Å²) in [5, 5.41) is 3.63. The second kappa shape index (κ2) is 6.19. The number of fused-ring (bicyclic) bond motifs is 2. The van der Waals surface area contributed by atoms with Crippen LogP contribution in [0.25, 0.3) is 0 Å². The Labute approximate surface area is 107 Å². The molecule has 2 aliphatic carbocycles. The van der Waals surface area contributed by atoms with E-state index in [0.717, 1.165) is 25.0 Å². The lowest BCUT2D eigenvalue weighted by Crippen LogP contribution is -2.38. The first-order valence-corrected chi connectivity index (χ1v) is 7.50. The molecule has 0 saturated heterocycles. The molecule has 2 rings (SSSR count). The Balaban J connectivity index is 1.84. The smallest absolute Gasteiger partial charge is 0.0462 e. The van der Waals surface area contributed by atoms with E-state index in [1.165, 1.54) is 51.5 Å². The van der Waals surface area contributed by atoms with Crippen molar-refractivity contribution in [1.29, 1.82) is 0 Å². The first-order valence-electron chi connectivity index (χ1n) is 7.50. The molecule has 0 radical (unpaired) electrons. The fourth-order valence-corrected chi connectivity index (χ4v) is 4.27. The molecule has 2 heteroatoms. The van der Waals surface area contributed by atoms with Crippen LogP contribution in [0.2, 0.25) is 0 Å². The van der Waals surface area contributed by atoms with Gasteiger partial charge in [0.25, 0.3) is 0 Å².